The molecule has 7 heteroatoms. The van der Waals surface area contributed by atoms with Crippen molar-refractivity contribution in [3.8, 4) is 0 Å². The van der Waals surface area contributed by atoms with Crippen LogP contribution in [0.2, 0.25) is 0 Å². The maximum Gasteiger partial charge on any atom is 0.394 e. The zero-order chi connectivity index (χ0) is 17.0. The van der Waals surface area contributed by atoms with Crippen LogP contribution in [-0.4, -0.2) is 35.5 Å². The fourth-order valence-electron chi connectivity index (χ4n) is 1.60. The molecule has 0 spiro atoms. The average molecular weight is 328 g/mol. The van der Waals surface area contributed by atoms with Gasteiger partial charge >= 0.3 is 10.4 Å². The second-order valence-corrected chi connectivity index (χ2v) is 5.48. The molecule has 0 bridgehead atoms. The van der Waals surface area contributed by atoms with Crippen molar-refractivity contribution in [3.63, 3.8) is 0 Å². The molecule has 0 aliphatic rings. The Hall–Kier alpha value is -0.500. The summed E-state index contributed by atoms with van der Waals surface area (Å²) in [6.45, 7) is 4.07. The number of rotatable bonds is 10. The number of hydrogen-bond acceptors (Lipinski definition) is 4. The second kappa shape index (κ2) is 21.8. The molecular weight excluding hydrogens is 296 g/mol. The van der Waals surface area contributed by atoms with Crippen LogP contribution in [0.5, 0.6) is 0 Å². The van der Waals surface area contributed by atoms with E-state index in [1.807, 2.05) is 0 Å². The smallest absolute Gasteiger partial charge is 0.394 e. The fraction of sp³-hybridized carbons (Fsp3) is 0.929. The number of aldehydes is 1. The highest BCUT2D eigenvalue weighted by Gasteiger charge is 1.91. The first-order chi connectivity index (χ1) is 9.83. The molecular formula is C14H32O6S. The van der Waals surface area contributed by atoms with Crippen LogP contribution in [0.25, 0.3) is 0 Å². The Morgan fingerprint density at radius 3 is 1.29 bits per heavy atom. The van der Waals surface area contributed by atoms with Gasteiger partial charge in [-0.1, -0.05) is 64.7 Å². The molecule has 6 nitrogen and oxygen atoms in total. The van der Waals surface area contributed by atoms with Gasteiger partial charge in [0.25, 0.3) is 0 Å². The summed E-state index contributed by atoms with van der Waals surface area (Å²) in [4.78, 5) is 8.81. The molecule has 130 valence electrons. The first-order valence-corrected chi connectivity index (χ1v) is 8.93. The molecule has 0 heterocycles. The molecule has 0 fully saturated rings. The van der Waals surface area contributed by atoms with Crippen molar-refractivity contribution in [3.05, 3.63) is 0 Å². The first-order valence-electron chi connectivity index (χ1n) is 7.53. The maximum absolute atomic E-state index is 8.81. The van der Waals surface area contributed by atoms with Gasteiger partial charge in [0.15, 0.2) is 0 Å². The number of unbranched alkanes of at least 4 members (excludes halogenated alkanes) is 9. The van der Waals surface area contributed by atoms with Gasteiger partial charge in [0.2, 0.25) is 0 Å². The summed E-state index contributed by atoms with van der Waals surface area (Å²) >= 11 is 0. The van der Waals surface area contributed by atoms with Gasteiger partial charge in [-0.05, 0) is 13.3 Å². The second-order valence-electron chi connectivity index (χ2n) is 4.59. The molecule has 0 aliphatic heterocycles. The Morgan fingerprint density at radius 2 is 1.05 bits per heavy atom. The lowest BCUT2D eigenvalue weighted by molar-refractivity contribution is -0.106. The van der Waals surface area contributed by atoms with Gasteiger partial charge in [-0.25, -0.2) is 0 Å². The van der Waals surface area contributed by atoms with E-state index in [1.165, 1.54) is 64.7 Å². The third kappa shape index (κ3) is 66.2. The van der Waals surface area contributed by atoms with Gasteiger partial charge in [-0.3, -0.25) is 9.11 Å². The highest BCUT2D eigenvalue weighted by molar-refractivity contribution is 7.79. The summed E-state index contributed by atoms with van der Waals surface area (Å²) in [7, 11) is -4.67. The largest absolute Gasteiger partial charge is 0.396 e. The van der Waals surface area contributed by atoms with Crippen LogP contribution in [0.15, 0.2) is 0 Å². The maximum atomic E-state index is 8.81. The van der Waals surface area contributed by atoms with Gasteiger partial charge < -0.3 is 9.90 Å². The van der Waals surface area contributed by atoms with Crippen LogP contribution >= 0.6 is 0 Å². The van der Waals surface area contributed by atoms with Crippen molar-refractivity contribution in [1.29, 1.82) is 0 Å². The quantitative estimate of drug-likeness (QED) is 0.322. The molecule has 21 heavy (non-hydrogen) atoms. The Labute approximate surface area is 129 Å². The van der Waals surface area contributed by atoms with E-state index < -0.39 is 10.4 Å². The van der Waals surface area contributed by atoms with Crippen molar-refractivity contribution < 1.29 is 27.4 Å². The molecule has 0 unspecified atom stereocenters. The van der Waals surface area contributed by atoms with Crippen molar-refractivity contribution in [2.75, 3.05) is 6.61 Å². The highest BCUT2D eigenvalue weighted by atomic mass is 32.3. The Morgan fingerprint density at radius 1 is 0.810 bits per heavy atom. The number of aliphatic hydroxyl groups is 1. The third-order valence-electron chi connectivity index (χ3n) is 2.51. The summed E-state index contributed by atoms with van der Waals surface area (Å²) in [5.74, 6) is 0. The summed E-state index contributed by atoms with van der Waals surface area (Å²) in [6, 6.07) is 0. The van der Waals surface area contributed by atoms with E-state index in [0.717, 1.165) is 12.7 Å². The number of aliphatic hydroxyl groups excluding tert-OH is 1. The minimum absolute atomic E-state index is 0.372. The van der Waals surface area contributed by atoms with Crippen molar-refractivity contribution in [2.24, 2.45) is 0 Å². The Kier molecular flexibility index (Phi) is 26.4. The lowest BCUT2D eigenvalue weighted by atomic mass is 10.1. The SMILES string of the molecule is CC=O.CCCCCCCCCCCCO.O=S(=O)(O)O. The van der Waals surface area contributed by atoms with Crippen LogP contribution in [-0.2, 0) is 15.2 Å². The zero-order valence-corrected chi connectivity index (χ0v) is 14.1. The van der Waals surface area contributed by atoms with Crippen LogP contribution in [0, 0.1) is 0 Å². The normalized spacial score (nSPS) is 9.95. The van der Waals surface area contributed by atoms with E-state index in [9.17, 15) is 0 Å². The van der Waals surface area contributed by atoms with Crippen LogP contribution in [0.4, 0.5) is 0 Å². The van der Waals surface area contributed by atoms with Gasteiger partial charge in [-0.15, -0.1) is 0 Å². The van der Waals surface area contributed by atoms with Gasteiger partial charge in [0.05, 0.1) is 0 Å². The molecule has 0 radical (unpaired) electrons. The van der Waals surface area contributed by atoms with E-state index >= 15 is 0 Å². The van der Waals surface area contributed by atoms with Gasteiger partial charge in [-0.2, -0.15) is 8.42 Å². The molecule has 3 N–H and O–H groups in total. The summed E-state index contributed by atoms with van der Waals surface area (Å²) in [6.07, 6.45) is 14.1. The van der Waals surface area contributed by atoms with E-state index in [0.29, 0.717) is 6.61 Å². The summed E-state index contributed by atoms with van der Waals surface area (Å²) in [5, 5.41) is 8.57. The average Bonchev–Trinajstić information content (AvgIpc) is 2.36. The van der Waals surface area contributed by atoms with E-state index in [-0.39, 0.29) is 0 Å². The summed E-state index contributed by atoms with van der Waals surface area (Å²) in [5.41, 5.74) is 0. The van der Waals surface area contributed by atoms with Crippen molar-refractivity contribution >= 4 is 16.7 Å². The minimum atomic E-state index is -4.67. The standard InChI is InChI=1S/C12H26O.C2H4O.H2O4S/c1-2-3-4-5-6-7-8-9-10-11-12-13;1-2-3;1-5(2,3)4/h13H,2-12H2,1H3;2H,1H3;(H2,1,2,3,4). The molecule has 0 aliphatic carbocycles. The third-order valence-corrected chi connectivity index (χ3v) is 2.51. The van der Waals surface area contributed by atoms with E-state index in [2.05, 4.69) is 6.92 Å². The molecule has 0 atom stereocenters. The van der Waals surface area contributed by atoms with Crippen molar-refractivity contribution in [2.45, 2.75) is 78.1 Å². The van der Waals surface area contributed by atoms with Gasteiger partial charge in [0.1, 0.15) is 6.29 Å². The lowest BCUT2D eigenvalue weighted by Gasteiger charge is -2.00. The van der Waals surface area contributed by atoms with Crippen LogP contribution in [0.1, 0.15) is 78.1 Å². The molecule has 0 aromatic heterocycles. The Bertz CT molecular complexity index is 259. The first kappa shape index (κ1) is 25.5. The van der Waals surface area contributed by atoms with Crippen LogP contribution < -0.4 is 0 Å². The molecule has 0 rings (SSSR count). The molecule has 0 aromatic rings. The molecule has 0 saturated carbocycles. The van der Waals surface area contributed by atoms with Gasteiger partial charge in [0, 0.05) is 6.61 Å². The van der Waals surface area contributed by atoms with Crippen molar-refractivity contribution in [1.82, 2.24) is 0 Å². The van der Waals surface area contributed by atoms with E-state index in [4.69, 9.17) is 27.4 Å². The summed E-state index contributed by atoms with van der Waals surface area (Å²) < 4.78 is 31.6. The lowest BCUT2D eigenvalue weighted by Crippen LogP contribution is -1.89. The monoisotopic (exact) mass is 328 g/mol. The molecule has 0 amide bonds. The Balaban J connectivity index is -0.000000335. The predicted molar refractivity (Wildman–Crippen MR) is 84.8 cm³/mol. The zero-order valence-electron chi connectivity index (χ0n) is 13.3. The number of carbonyl (C=O) groups excluding carboxylic acids is 1. The number of carbonyl (C=O) groups is 1. The predicted octanol–water partition coefficient (Wildman–Crippen LogP) is 3.45. The molecule has 0 saturated heterocycles. The van der Waals surface area contributed by atoms with E-state index in [1.54, 1.807) is 0 Å². The topological polar surface area (TPSA) is 112 Å². The highest BCUT2D eigenvalue weighted by Crippen LogP contribution is 2.09. The fourth-order valence-corrected chi connectivity index (χ4v) is 1.60. The number of hydrogen-bond donors (Lipinski definition) is 3. The van der Waals surface area contributed by atoms with Crippen LogP contribution in [0.3, 0.4) is 0 Å². The minimum Gasteiger partial charge on any atom is -0.396 e. The molecule has 0 aromatic carbocycles.